The fraction of sp³-hybridized carbons (Fsp3) is 0.312. The van der Waals surface area contributed by atoms with Crippen LogP contribution in [0.5, 0.6) is 0 Å². The molecule has 0 aliphatic carbocycles. The van der Waals surface area contributed by atoms with Gasteiger partial charge in [0.25, 0.3) is 0 Å². The molecule has 0 unspecified atom stereocenters. The highest BCUT2D eigenvalue weighted by atomic mass is 79.9. The molecule has 1 heterocycles. The first-order valence-electron chi connectivity index (χ1n) is 6.90. The zero-order chi connectivity index (χ0) is 15.1. The fourth-order valence-corrected chi connectivity index (χ4v) is 2.21. The highest BCUT2D eigenvalue weighted by molar-refractivity contribution is 9.10. The second-order valence-electron chi connectivity index (χ2n) is 4.67. The van der Waals surface area contributed by atoms with Crippen LogP contribution in [0, 0.1) is 0 Å². The quantitative estimate of drug-likeness (QED) is 0.742. The molecule has 2 aromatic rings. The van der Waals surface area contributed by atoms with Gasteiger partial charge in [-0.05, 0) is 36.2 Å². The Hall–Kier alpha value is -1.10. The van der Waals surface area contributed by atoms with Gasteiger partial charge in [0.1, 0.15) is 5.82 Å². The number of halogens is 2. The first-order valence-corrected chi connectivity index (χ1v) is 8.07. The topological polar surface area (TPSA) is 34.1 Å². The van der Waals surface area contributed by atoms with E-state index in [9.17, 15) is 0 Å². The molecule has 1 aromatic heterocycles. The summed E-state index contributed by atoms with van der Waals surface area (Å²) in [5, 5.41) is 3.88. The van der Waals surface area contributed by atoms with Crippen molar-refractivity contribution in [2.45, 2.75) is 26.6 Å². The molecular weight excluding hydrogens is 352 g/mol. The van der Waals surface area contributed by atoms with Crippen LogP contribution in [-0.4, -0.2) is 11.5 Å². The fourth-order valence-electron chi connectivity index (χ4n) is 1.78. The van der Waals surface area contributed by atoms with Crippen LogP contribution in [0.15, 0.2) is 40.9 Å². The molecular formula is C16H18BrClN2O. The molecule has 0 atom stereocenters. The van der Waals surface area contributed by atoms with Crippen molar-refractivity contribution in [3.8, 4) is 0 Å². The van der Waals surface area contributed by atoms with E-state index in [0.29, 0.717) is 18.2 Å². The normalized spacial score (nSPS) is 10.6. The number of hydrogen-bond donors (Lipinski definition) is 1. The summed E-state index contributed by atoms with van der Waals surface area (Å²) in [6.45, 7) is 3.95. The van der Waals surface area contributed by atoms with Crippen molar-refractivity contribution in [3.63, 3.8) is 0 Å². The largest absolute Gasteiger partial charge is 0.370 e. The van der Waals surface area contributed by atoms with Crippen LogP contribution in [0.2, 0.25) is 5.02 Å². The molecule has 0 fully saturated rings. The molecule has 1 N–H and O–H groups in total. The SMILES string of the molecule is CCCNc1ccc(Cl)c(COCc2ccc(Br)cc2)n1. The third-order valence-electron chi connectivity index (χ3n) is 2.90. The summed E-state index contributed by atoms with van der Waals surface area (Å²) >= 11 is 9.57. The van der Waals surface area contributed by atoms with Gasteiger partial charge < -0.3 is 10.1 Å². The van der Waals surface area contributed by atoms with E-state index in [1.807, 2.05) is 36.4 Å². The third kappa shape index (κ3) is 5.30. The number of pyridine rings is 1. The lowest BCUT2D eigenvalue weighted by Crippen LogP contribution is -2.04. The molecule has 0 bridgehead atoms. The molecule has 3 nitrogen and oxygen atoms in total. The second-order valence-corrected chi connectivity index (χ2v) is 5.99. The Bertz CT molecular complexity index is 575. The predicted octanol–water partition coefficient (Wildman–Crippen LogP) is 5.04. The van der Waals surface area contributed by atoms with E-state index in [4.69, 9.17) is 16.3 Å². The van der Waals surface area contributed by atoms with Crippen LogP contribution in [-0.2, 0) is 18.0 Å². The van der Waals surface area contributed by atoms with Crippen molar-refractivity contribution in [3.05, 3.63) is 57.2 Å². The minimum Gasteiger partial charge on any atom is -0.370 e. The molecule has 2 rings (SSSR count). The van der Waals surface area contributed by atoms with E-state index in [0.717, 1.165) is 34.5 Å². The summed E-state index contributed by atoms with van der Waals surface area (Å²) in [6.07, 6.45) is 1.06. The minimum absolute atomic E-state index is 0.399. The van der Waals surface area contributed by atoms with Gasteiger partial charge in [-0.3, -0.25) is 0 Å². The average molecular weight is 370 g/mol. The summed E-state index contributed by atoms with van der Waals surface area (Å²) in [4.78, 5) is 4.48. The van der Waals surface area contributed by atoms with Crippen molar-refractivity contribution in [2.75, 3.05) is 11.9 Å². The standard InChI is InChI=1S/C16H18BrClN2O/c1-2-9-19-16-8-7-14(18)15(20-16)11-21-10-12-3-5-13(17)6-4-12/h3-8H,2,9-11H2,1H3,(H,19,20). The third-order valence-corrected chi connectivity index (χ3v) is 3.77. The molecule has 0 saturated heterocycles. The molecule has 1 aromatic carbocycles. The van der Waals surface area contributed by atoms with Crippen LogP contribution >= 0.6 is 27.5 Å². The van der Waals surface area contributed by atoms with Crippen LogP contribution in [0.1, 0.15) is 24.6 Å². The Morgan fingerprint density at radius 2 is 1.90 bits per heavy atom. The maximum Gasteiger partial charge on any atom is 0.126 e. The number of rotatable bonds is 7. The highest BCUT2D eigenvalue weighted by Crippen LogP contribution is 2.18. The van der Waals surface area contributed by atoms with Gasteiger partial charge in [-0.2, -0.15) is 0 Å². The van der Waals surface area contributed by atoms with Crippen molar-refractivity contribution in [2.24, 2.45) is 0 Å². The molecule has 21 heavy (non-hydrogen) atoms. The van der Waals surface area contributed by atoms with E-state index in [2.05, 4.69) is 33.2 Å². The van der Waals surface area contributed by atoms with Gasteiger partial charge >= 0.3 is 0 Å². The number of ether oxygens (including phenoxy) is 1. The Morgan fingerprint density at radius 3 is 2.62 bits per heavy atom. The summed E-state index contributed by atoms with van der Waals surface area (Å²) in [5.41, 5.74) is 1.88. The van der Waals surface area contributed by atoms with Gasteiger partial charge in [0.2, 0.25) is 0 Å². The lowest BCUT2D eigenvalue weighted by molar-refractivity contribution is 0.105. The summed E-state index contributed by atoms with van der Waals surface area (Å²) in [6, 6.07) is 11.8. The molecule has 0 spiro atoms. The van der Waals surface area contributed by atoms with Crippen molar-refractivity contribution in [1.82, 2.24) is 4.98 Å². The molecule has 5 heteroatoms. The van der Waals surface area contributed by atoms with E-state index in [-0.39, 0.29) is 0 Å². The maximum atomic E-state index is 6.16. The lowest BCUT2D eigenvalue weighted by Gasteiger charge is -2.09. The average Bonchev–Trinajstić information content (AvgIpc) is 2.50. The lowest BCUT2D eigenvalue weighted by atomic mass is 10.2. The van der Waals surface area contributed by atoms with Crippen LogP contribution < -0.4 is 5.32 Å². The summed E-state index contributed by atoms with van der Waals surface area (Å²) < 4.78 is 6.76. The Kier molecular flexibility index (Phi) is 6.49. The predicted molar refractivity (Wildman–Crippen MR) is 90.7 cm³/mol. The van der Waals surface area contributed by atoms with Crippen LogP contribution in [0.3, 0.4) is 0 Å². The summed E-state index contributed by atoms with van der Waals surface area (Å²) in [7, 11) is 0. The Labute approximate surface area is 138 Å². The van der Waals surface area contributed by atoms with E-state index >= 15 is 0 Å². The first-order chi connectivity index (χ1) is 10.2. The number of nitrogens with zero attached hydrogens (tertiary/aromatic N) is 1. The second kappa shape index (κ2) is 8.37. The maximum absolute atomic E-state index is 6.16. The van der Waals surface area contributed by atoms with Gasteiger partial charge in [0.05, 0.1) is 23.9 Å². The van der Waals surface area contributed by atoms with Gasteiger partial charge in [-0.15, -0.1) is 0 Å². The van der Waals surface area contributed by atoms with Crippen molar-refractivity contribution < 1.29 is 4.74 Å². The zero-order valence-electron chi connectivity index (χ0n) is 11.9. The highest BCUT2D eigenvalue weighted by Gasteiger charge is 2.04. The molecule has 0 aliphatic rings. The number of hydrogen-bond acceptors (Lipinski definition) is 3. The molecule has 0 aliphatic heterocycles. The Morgan fingerprint density at radius 1 is 1.14 bits per heavy atom. The van der Waals surface area contributed by atoms with Crippen molar-refractivity contribution in [1.29, 1.82) is 0 Å². The number of anilines is 1. The van der Waals surface area contributed by atoms with Gasteiger partial charge in [-0.1, -0.05) is 46.6 Å². The van der Waals surface area contributed by atoms with Gasteiger partial charge in [0.15, 0.2) is 0 Å². The first kappa shape index (κ1) is 16.3. The minimum atomic E-state index is 0.399. The molecule has 112 valence electrons. The molecule has 0 amide bonds. The van der Waals surface area contributed by atoms with Gasteiger partial charge in [0, 0.05) is 11.0 Å². The number of benzene rings is 1. The van der Waals surface area contributed by atoms with Crippen molar-refractivity contribution >= 4 is 33.3 Å². The van der Waals surface area contributed by atoms with E-state index in [1.54, 1.807) is 0 Å². The van der Waals surface area contributed by atoms with E-state index < -0.39 is 0 Å². The number of nitrogens with one attached hydrogen (secondary N) is 1. The van der Waals surface area contributed by atoms with Crippen LogP contribution in [0.25, 0.3) is 0 Å². The number of aromatic nitrogens is 1. The molecule has 0 saturated carbocycles. The Balaban J connectivity index is 1.91. The molecule has 0 radical (unpaired) electrons. The monoisotopic (exact) mass is 368 g/mol. The van der Waals surface area contributed by atoms with E-state index in [1.165, 1.54) is 0 Å². The summed E-state index contributed by atoms with van der Waals surface area (Å²) in [5.74, 6) is 0.837. The zero-order valence-corrected chi connectivity index (χ0v) is 14.2. The smallest absolute Gasteiger partial charge is 0.126 e. The van der Waals surface area contributed by atoms with Crippen LogP contribution in [0.4, 0.5) is 5.82 Å². The van der Waals surface area contributed by atoms with Gasteiger partial charge in [-0.25, -0.2) is 4.98 Å².